The van der Waals surface area contributed by atoms with Crippen LogP contribution in [0.2, 0.25) is 0 Å². The molecule has 3 N–H and O–H groups in total. The van der Waals surface area contributed by atoms with Crippen molar-refractivity contribution < 1.29 is 14.4 Å². The summed E-state index contributed by atoms with van der Waals surface area (Å²) in [7, 11) is 1.49. The Labute approximate surface area is 117 Å². The molecule has 0 saturated heterocycles. The van der Waals surface area contributed by atoms with E-state index in [9.17, 15) is 5.11 Å². The van der Waals surface area contributed by atoms with Crippen LogP contribution < -0.4 is 10.5 Å². The van der Waals surface area contributed by atoms with Crippen molar-refractivity contribution in [2.75, 3.05) is 13.7 Å². The molecule has 108 valence electrons. The molecule has 2 aromatic rings. The molecule has 1 aromatic carbocycles. The topological polar surface area (TPSA) is 94.4 Å². The summed E-state index contributed by atoms with van der Waals surface area (Å²) >= 11 is 0. The predicted octanol–water partition coefficient (Wildman–Crippen LogP) is 1.98. The van der Waals surface area contributed by atoms with Crippen molar-refractivity contribution >= 4 is 0 Å². The van der Waals surface area contributed by atoms with Gasteiger partial charge in [-0.05, 0) is 37.1 Å². The highest BCUT2D eigenvalue weighted by molar-refractivity contribution is 5.60. The molecule has 0 aliphatic carbocycles. The highest BCUT2D eigenvalue weighted by Gasteiger charge is 2.12. The highest BCUT2D eigenvalue weighted by atomic mass is 16.5. The van der Waals surface area contributed by atoms with Crippen LogP contribution in [0.4, 0.5) is 0 Å². The van der Waals surface area contributed by atoms with Gasteiger partial charge in [-0.15, -0.1) is 0 Å². The summed E-state index contributed by atoms with van der Waals surface area (Å²) in [6.45, 7) is 2.73. The molecule has 0 radical (unpaired) electrons. The van der Waals surface area contributed by atoms with E-state index in [1.54, 1.807) is 18.2 Å². The number of nitrogens with two attached hydrogens (primary N) is 1. The van der Waals surface area contributed by atoms with E-state index < -0.39 is 0 Å². The normalized spacial score (nSPS) is 12.3. The van der Waals surface area contributed by atoms with E-state index in [2.05, 4.69) is 17.1 Å². The Bertz CT molecular complexity index is 569. The van der Waals surface area contributed by atoms with Gasteiger partial charge in [0.2, 0.25) is 11.7 Å². The Balaban J connectivity index is 2.12. The molecule has 1 unspecified atom stereocenters. The fourth-order valence-corrected chi connectivity index (χ4v) is 1.78. The number of ether oxygens (including phenoxy) is 1. The molecule has 1 atom stereocenters. The number of nitrogens with zero attached hydrogens (tertiary/aromatic N) is 2. The molecule has 0 fully saturated rings. The summed E-state index contributed by atoms with van der Waals surface area (Å²) in [4.78, 5) is 4.34. The third-order valence-corrected chi connectivity index (χ3v) is 3.16. The van der Waals surface area contributed by atoms with Crippen LogP contribution in [0.25, 0.3) is 11.4 Å². The molecule has 6 heteroatoms. The van der Waals surface area contributed by atoms with Gasteiger partial charge >= 0.3 is 0 Å². The minimum atomic E-state index is 0.0803. The summed E-state index contributed by atoms with van der Waals surface area (Å²) < 4.78 is 10.3. The van der Waals surface area contributed by atoms with Gasteiger partial charge in [-0.1, -0.05) is 12.1 Å². The molecule has 0 aliphatic rings. The third kappa shape index (κ3) is 3.27. The first-order valence-corrected chi connectivity index (χ1v) is 6.54. The molecule has 0 bridgehead atoms. The van der Waals surface area contributed by atoms with Crippen LogP contribution >= 0.6 is 0 Å². The van der Waals surface area contributed by atoms with Gasteiger partial charge in [-0.25, -0.2) is 0 Å². The van der Waals surface area contributed by atoms with E-state index in [0.717, 1.165) is 12.0 Å². The molecule has 6 nitrogen and oxygen atoms in total. The maximum atomic E-state index is 9.56. The van der Waals surface area contributed by atoms with E-state index in [0.29, 0.717) is 36.3 Å². The SMILES string of the molecule is COc1cc(-c2noc(CCC(C)CN)n2)ccc1O. The van der Waals surface area contributed by atoms with Crippen molar-refractivity contribution in [2.45, 2.75) is 19.8 Å². The number of hydrogen-bond acceptors (Lipinski definition) is 6. The largest absolute Gasteiger partial charge is 0.504 e. The summed E-state index contributed by atoms with van der Waals surface area (Å²) in [5.74, 6) is 1.97. The van der Waals surface area contributed by atoms with E-state index in [4.69, 9.17) is 15.0 Å². The lowest BCUT2D eigenvalue weighted by atomic mass is 10.1. The third-order valence-electron chi connectivity index (χ3n) is 3.16. The average Bonchev–Trinajstić information content (AvgIpc) is 2.94. The number of benzene rings is 1. The van der Waals surface area contributed by atoms with Crippen LogP contribution in [-0.2, 0) is 6.42 Å². The number of hydrogen-bond donors (Lipinski definition) is 2. The zero-order valence-electron chi connectivity index (χ0n) is 11.7. The second kappa shape index (κ2) is 6.38. The molecular weight excluding hydrogens is 258 g/mol. The van der Waals surface area contributed by atoms with Crippen molar-refractivity contribution in [1.29, 1.82) is 0 Å². The maximum Gasteiger partial charge on any atom is 0.226 e. The molecular formula is C14H19N3O3. The quantitative estimate of drug-likeness (QED) is 0.838. The highest BCUT2D eigenvalue weighted by Crippen LogP contribution is 2.30. The van der Waals surface area contributed by atoms with Crippen molar-refractivity contribution in [3.8, 4) is 22.9 Å². The second-order valence-electron chi connectivity index (χ2n) is 4.78. The second-order valence-corrected chi connectivity index (χ2v) is 4.78. The molecule has 0 saturated carbocycles. The lowest BCUT2D eigenvalue weighted by Gasteiger charge is -2.04. The van der Waals surface area contributed by atoms with Crippen LogP contribution in [0.5, 0.6) is 11.5 Å². The minimum absolute atomic E-state index is 0.0803. The first kappa shape index (κ1) is 14.3. The number of aryl methyl sites for hydroxylation is 1. The molecule has 20 heavy (non-hydrogen) atoms. The zero-order valence-corrected chi connectivity index (χ0v) is 11.7. The molecule has 2 rings (SSSR count). The average molecular weight is 277 g/mol. The Morgan fingerprint density at radius 2 is 2.25 bits per heavy atom. The number of aromatic hydroxyl groups is 1. The standard InChI is InChI=1S/C14H19N3O3/c1-9(8-15)3-6-13-16-14(17-20-13)10-4-5-11(18)12(7-10)19-2/h4-5,7,9,18H,3,6,8,15H2,1-2H3. The van der Waals surface area contributed by atoms with Gasteiger partial charge < -0.3 is 20.1 Å². The van der Waals surface area contributed by atoms with E-state index >= 15 is 0 Å². The predicted molar refractivity (Wildman–Crippen MR) is 74.5 cm³/mol. The summed E-state index contributed by atoms with van der Waals surface area (Å²) in [6.07, 6.45) is 1.62. The number of phenols is 1. The van der Waals surface area contributed by atoms with Gasteiger partial charge in [0, 0.05) is 12.0 Å². The van der Waals surface area contributed by atoms with Gasteiger partial charge in [0.25, 0.3) is 0 Å². The Morgan fingerprint density at radius 3 is 2.95 bits per heavy atom. The van der Waals surface area contributed by atoms with Crippen molar-refractivity contribution in [3.05, 3.63) is 24.1 Å². The minimum Gasteiger partial charge on any atom is -0.504 e. The Hall–Kier alpha value is -2.08. The fraction of sp³-hybridized carbons (Fsp3) is 0.429. The van der Waals surface area contributed by atoms with Gasteiger partial charge in [0.15, 0.2) is 11.5 Å². The van der Waals surface area contributed by atoms with Crippen LogP contribution in [-0.4, -0.2) is 28.9 Å². The number of rotatable bonds is 6. The van der Waals surface area contributed by atoms with Gasteiger partial charge in [-0.2, -0.15) is 4.98 Å². The summed E-state index contributed by atoms with van der Waals surface area (Å²) in [5, 5.41) is 13.5. The maximum absolute atomic E-state index is 9.56. The fourth-order valence-electron chi connectivity index (χ4n) is 1.78. The zero-order chi connectivity index (χ0) is 14.5. The van der Waals surface area contributed by atoms with Gasteiger partial charge in [-0.3, -0.25) is 0 Å². The lowest BCUT2D eigenvalue weighted by Crippen LogP contribution is -2.11. The molecule has 0 spiro atoms. The van der Waals surface area contributed by atoms with E-state index in [1.165, 1.54) is 7.11 Å². The smallest absolute Gasteiger partial charge is 0.226 e. The molecule has 1 heterocycles. The van der Waals surface area contributed by atoms with E-state index in [1.807, 2.05) is 0 Å². The van der Waals surface area contributed by atoms with Gasteiger partial charge in [0.05, 0.1) is 7.11 Å². The van der Waals surface area contributed by atoms with Crippen molar-refractivity contribution in [3.63, 3.8) is 0 Å². The molecule has 0 amide bonds. The van der Waals surface area contributed by atoms with Crippen molar-refractivity contribution in [1.82, 2.24) is 10.1 Å². The van der Waals surface area contributed by atoms with Crippen LogP contribution in [0, 0.1) is 5.92 Å². The van der Waals surface area contributed by atoms with Crippen LogP contribution in [0.1, 0.15) is 19.2 Å². The van der Waals surface area contributed by atoms with E-state index in [-0.39, 0.29) is 5.75 Å². The Morgan fingerprint density at radius 1 is 1.45 bits per heavy atom. The van der Waals surface area contributed by atoms with Gasteiger partial charge in [0.1, 0.15) is 0 Å². The van der Waals surface area contributed by atoms with Crippen LogP contribution in [0.3, 0.4) is 0 Å². The number of methoxy groups -OCH3 is 1. The molecule has 0 aliphatic heterocycles. The lowest BCUT2D eigenvalue weighted by molar-refractivity contribution is 0.366. The molecule has 1 aromatic heterocycles. The Kier molecular flexibility index (Phi) is 4.57. The van der Waals surface area contributed by atoms with Crippen LogP contribution in [0.15, 0.2) is 22.7 Å². The summed E-state index contributed by atoms with van der Waals surface area (Å²) in [6, 6.07) is 4.93. The summed E-state index contributed by atoms with van der Waals surface area (Å²) in [5.41, 5.74) is 6.31. The number of aromatic nitrogens is 2. The first-order chi connectivity index (χ1) is 9.63. The monoisotopic (exact) mass is 277 g/mol. The number of phenolic OH excluding ortho intramolecular Hbond substituents is 1. The first-order valence-electron chi connectivity index (χ1n) is 6.54. The van der Waals surface area contributed by atoms with Crippen molar-refractivity contribution in [2.24, 2.45) is 11.7 Å².